The average Bonchev–Trinajstić information content (AvgIpc) is 2.43. The molecule has 25 heavy (non-hydrogen) atoms. The number of primary sulfonamides is 1. The lowest BCUT2D eigenvalue weighted by atomic mass is 9.94. The largest absolute Gasteiger partial charge is 0.573 e. The summed E-state index contributed by atoms with van der Waals surface area (Å²) in [6.07, 6.45) is 1.04. The third-order valence-electron chi connectivity index (χ3n) is 3.79. The second kappa shape index (κ2) is 10.2. The van der Waals surface area contributed by atoms with Gasteiger partial charge in [-0.15, -0.1) is 25.6 Å². The van der Waals surface area contributed by atoms with E-state index in [1.807, 2.05) is 0 Å². The molecule has 0 saturated heterocycles. The molecule has 1 aromatic rings. The van der Waals surface area contributed by atoms with Crippen molar-refractivity contribution >= 4 is 22.4 Å². The fourth-order valence-electron chi connectivity index (χ4n) is 2.58. The van der Waals surface area contributed by atoms with E-state index >= 15 is 0 Å². The third-order valence-corrected chi connectivity index (χ3v) is 4.78. The van der Waals surface area contributed by atoms with Crippen molar-refractivity contribution in [2.75, 3.05) is 0 Å². The van der Waals surface area contributed by atoms with Crippen molar-refractivity contribution in [1.29, 1.82) is 0 Å². The Morgan fingerprint density at radius 1 is 1.16 bits per heavy atom. The standard InChI is InChI=1S/C16H24F3NO3S.ClH/c1-3-4-5-6-7-8-12(2)14-11-13(23-16(17,18)19)9-10-15(14)24(20,21)22;/h9-12H,3-8H2,1-2H3,(H2,20,21,22);1H. The van der Waals surface area contributed by atoms with E-state index in [1.165, 1.54) is 0 Å². The molecule has 0 saturated carbocycles. The molecule has 4 nitrogen and oxygen atoms in total. The quantitative estimate of drug-likeness (QED) is 0.582. The summed E-state index contributed by atoms with van der Waals surface area (Å²) in [5.41, 5.74) is 0.259. The van der Waals surface area contributed by atoms with Gasteiger partial charge in [0.15, 0.2) is 0 Å². The van der Waals surface area contributed by atoms with Gasteiger partial charge in [-0.3, -0.25) is 0 Å². The SMILES string of the molecule is CCCCCCCC(C)c1cc(OC(F)(F)F)ccc1S(N)(=O)=O.Cl. The van der Waals surface area contributed by atoms with Crippen LogP contribution in [-0.4, -0.2) is 14.8 Å². The van der Waals surface area contributed by atoms with E-state index in [1.54, 1.807) is 6.92 Å². The lowest BCUT2D eigenvalue weighted by molar-refractivity contribution is -0.274. The molecule has 0 aliphatic rings. The number of hydrogen-bond donors (Lipinski definition) is 1. The van der Waals surface area contributed by atoms with Crippen LogP contribution in [0.25, 0.3) is 0 Å². The first-order valence-corrected chi connectivity index (χ1v) is 9.51. The van der Waals surface area contributed by atoms with Crippen LogP contribution in [0.4, 0.5) is 13.2 Å². The molecule has 1 atom stereocenters. The molecule has 0 aliphatic carbocycles. The molecular formula is C16H25ClF3NO3S. The Hall–Kier alpha value is -0.990. The molecule has 1 rings (SSSR count). The van der Waals surface area contributed by atoms with Gasteiger partial charge in [-0.1, -0.05) is 46.0 Å². The highest BCUT2D eigenvalue weighted by atomic mass is 35.5. The van der Waals surface area contributed by atoms with Crippen LogP contribution in [-0.2, 0) is 10.0 Å². The zero-order valence-electron chi connectivity index (χ0n) is 14.3. The molecule has 0 heterocycles. The Morgan fingerprint density at radius 2 is 1.76 bits per heavy atom. The van der Waals surface area contributed by atoms with Gasteiger partial charge >= 0.3 is 6.36 Å². The fourth-order valence-corrected chi connectivity index (χ4v) is 3.42. The van der Waals surface area contributed by atoms with Gasteiger partial charge in [0.25, 0.3) is 0 Å². The molecule has 0 radical (unpaired) electrons. The van der Waals surface area contributed by atoms with Crippen molar-refractivity contribution in [1.82, 2.24) is 0 Å². The summed E-state index contributed by atoms with van der Waals surface area (Å²) < 4.78 is 64.3. The number of ether oxygens (including phenoxy) is 1. The molecule has 2 N–H and O–H groups in total. The number of hydrogen-bond acceptors (Lipinski definition) is 3. The third kappa shape index (κ3) is 8.78. The van der Waals surface area contributed by atoms with Crippen LogP contribution in [0.15, 0.2) is 23.1 Å². The Kier molecular flexibility index (Phi) is 9.82. The number of halogens is 4. The summed E-state index contributed by atoms with van der Waals surface area (Å²) in [5.74, 6) is -0.681. The number of benzene rings is 1. The van der Waals surface area contributed by atoms with Crippen LogP contribution in [0.5, 0.6) is 5.75 Å². The first-order chi connectivity index (χ1) is 11.0. The molecule has 146 valence electrons. The van der Waals surface area contributed by atoms with Gasteiger partial charge in [0, 0.05) is 0 Å². The summed E-state index contributed by atoms with van der Waals surface area (Å²) in [6.45, 7) is 3.88. The van der Waals surface area contributed by atoms with Crippen LogP contribution >= 0.6 is 12.4 Å². The lowest BCUT2D eigenvalue weighted by Gasteiger charge is -2.17. The predicted molar refractivity (Wildman–Crippen MR) is 93.5 cm³/mol. The number of unbranched alkanes of at least 4 members (excludes halogenated alkanes) is 4. The molecule has 0 aliphatic heterocycles. The maximum absolute atomic E-state index is 12.4. The topological polar surface area (TPSA) is 69.4 Å². The normalized spacial score (nSPS) is 13.2. The molecular weight excluding hydrogens is 379 g/mol. The number of alkyl halides is 3. The molecule has 0 fully saturated rings. The van der Waals surface area contributed by atoms with Gasteiger partial charge < -0.3 is 4.74 Å². The van der Waals surface area contributed by atoms with Crippen molar-refractivity contribution in [2.45, 2.75) is 69.5 Å². The highest BCUT2D eigenvalue weighted by Gasteiger charge is 2.32. The van der Waals surface area contributed by atoms with Gasteiger partial charge in [0.2, 0.25) is 10.0 Å². The lowest BCUT2D eigenvalue weighted by Crippen LogP contribution is -2.19. The monoisotopic (exact) mass is 403 g/mol. The minimum Gasteiger partial charge on any atom is -0.406 e. The van der Waals surface area contributed by atoms with Crippen molar-refractivity contribution in [3.8, 4) is 5.75 Å². The van der Waals surface area contributed by atoms with Gasteiger partial charge in [-0.05, 0) is 36.1 Å². The van der Waals surface area contributed by atoms with Crippen molar-refractivity contribution in [3.05, 3.63) is 23.8 Å². The fraction of sp³-hybridized carbons (Fsp3) is 0.625. The van der Waals surface area contributed by atoms with Crippen LogP contribution in [0.1, 0.15) is 63.9 Å². The van der Waals surface area contributed by atoms with Gasteiger partial charge in [0.05, 0.1) is 4.90 Å². The smallest absolute Gasteiger partial charge is 0.406 e. The summed E-state index contributed by atoms with van der Waals surface area (Å²) in [7, 11) is -4.01. The Bertz CT molecular complexity index is 636. The summed E-state index contributed by atoms with van der Waals surface area (Å²) in [6, 6.07) is 3.15. The molecule has 1 aromatic carbocycles. The molecule has 0 bridgehead atoms. The minimum atomic E-state index is -4.83. The van der Waals surface area contributed by atoms with E-state index in [4.69, 9.17) is 5.14 Å². The van der Waals surface area contributed by atoms with E-state index in [-0.39, 0.29) is 28.8 Å². The maximum Gasteiger partial charge on any atom is 0.573 e. The van der Waals surface area contributed by atoms with E-state index in [0.29, 0.717) is 6.42 Å². The molecule has 9 heteroatoms. The first kappa shape index (κ1) is 24.0. The molecule has 0 spiro atoms. The number of sulfonamides is 1. The van der Waals surface area contributed by atoms with E-state index in [0.717, 1.165) is 50.3 Å². The second-order valence-corrected chi connectivity index (χ2v) is 7.43. The highest BCUT2D eigenvalue weighted by molar-refractivity contribution is 7.89. The highest BCUT2D eigenvalue weighted by Crippen LogP contribution is 2.33. The Labute approximate surface area is 153 Å². The number of nitrogens with two attached hydrogens (primary N) is 1. The van der Waals surface area contributed by atoms with E-state index in [9.17, 15) is 21.6 Å². The zero-order valence-corrected chi connectivity index (χ0v) is 15.9. The molecule has 0 amide bonds. The van der Waals surface area contributed by atoms with Crippen molar-refractivity contribution in [2.24, 2.45) is 5.14 Å². The Balaban J connectivity index is 0.00000576. The zero-order chi connectivity index (χ0) is 18.4. The van der Waals surface area contributed by atoms with Gasteiger partial charge in [-0.25, -0.2) is 13.6 Å². The van der Waals surface area contributed by atoms with Crippen molar-refractivity contribution in [3.63, 3.8) is 0 Å². The van der Waals surface area contributed by atoms with Crippen LogP contribution < -0.4 is 9.88 Å². The van der Waals surface area contributed by atoms with Gasteiger partial charge in [0.1, 0.15) is 5.75 Å². The van der Waals surface area contributed by atoms with Crippen LogP contribution in [0, 0.1) is 0 Å². The second-order valence-electron chi connectivity index (χ2n) is 5.90. The maximum atomic E-state index is 12.4. The van der Waals surface area contributed by atoms with Crippen LogP contribution in [0.3, 0.4) is 0 Å². The van der Waals surface area contributed by atoms with E-state index in [2.05, 4.69) is 11.7 Å². The molecule has 0 aromatic heterocycles. The van der Waals surface area contributed by atoms with E-state index < -0.39 is 22.1 Å². The van der Waals surface area contributed by atoms with Crippen molar-refractivity contribution < 1.29 is 26.3 Å². The first-order valence-electron chi connectivity index (χ1n) is 7.97. The minimum absolute atomic E-state index is 0. The average molecular weight is 404 g/mol. The number of rotatable bonds is 9. The molecule has 1 unspecified atom stereocenters. The predicted octanol–water partition coefficient (Wildman–Crippen LogP) is 5.12. The summed E-state index contributed by atoms with van der Waals surface area (Å²) in [4.78, 5) is -0.155. The summed E-state index contributed by atoms with van der Waals surface area (Å²) in [5, 5.41) is 5.18. The summed E-state index contributed by atoms with van der Waals surface area (Å²) >= 11 is 0. The Morgan fingerprint density at radius 3 is 2.28 bits per heavy atom. The van der Waals surface area contributed by atoms with Gasteiger partial charge in [-0.2, -0.15) is 0 Å². The van der Waals surface area contributed by atoms with Crippen LogP contribution in [0.2, 0.25) is 0 Å².